The fraction of sp³-hybridized carbons (Fsp3) is 0.455. The molecule has 0 aliphatic rings. The predicted octanol–water partition coefficient (Wildman–Crippen LogP) is 1.99. The summed E-state index contributed by atoms with van der Waals surface area (Å²) in [7, 11) is 1.64. The molecule has 0 aliphatic heterocycles. The summed E-state index contributed by atoms with van der Waals surface area (Å²) >= 11 is 0. The van der Waals surface area contributed by atoms with E-state index in [2.05, 4.69) is 0 Å². The lowest BCUT2D eigenvalue weighted by Crippen LogP contribution is -2.07. The van der Waals surface area contributed by atoms with Crippen LogP contribution in [-0.2, 0) is 9.47 Å². The van der Waals surface area contributed by atoms with Gasteiger partial charge in [0.2, 0.25) is 0 Å². The maximum Gasteiger partial charge on any atom is 0.189 e. The van der Waals surface area contributed by atoms with E-state index in [1.54, 1.807) is 7.11 Å². The van der Waals surface area contributed by atoms with Gasteiger partial charge >= 0.3 is 0 Å². The van der Waals surface area contributed by atoms with Crippen LogP contribution in [-0.4, -0.2) is 27.1 Å². The minimum atomic E-state index is 0.271. The first-order valence-corrected chi connectivity index (χ1v) is 4.59. The molecule has 0 aliphatic carbocycles. The maximum absolute atomic E-state index is 5.36. The second-order valence-electron chi connectivity index (χ2n) is 2.98. The molecule has 3 nitrogen and oxygen atoms in total. The largest absolute Gasteiger partial charge is 0.468 e. The van der Waals surface area contributed by atoms with Crippen molar-refractivity contribution in [2.24, 2.45) is 0 Å². The standard InChI is InChI=1S/C11H16O3/c1-10-4-3-5-11(8-10)14-9-13-7-6-12-2/h3-5,8H,6-7,9H2,1-2H3. The van der Waals surface area contributed by atoms with Crippen LogP contribution in [0.25, 0.3) is 0 Å². The molecule has 0 saturated heterocycles. The smallest absolute Gasteiger partial charge is 0.189 e. The molecule has 14 heavy (non-hydrogen) atoms. The van der Waals surface area contributed by atoms with Gasteiger partial charge in [0, 0.05) is 7.11 Å². The lowest BCUT2D eigenvalue weighted by Gasteiger charge is -2.07. The zero-order valence-electron chi connectivity index (χ0n) is 8.66. The Hall–Kier alpha value is -1.06. The first-order valence-electron chi connectivity index (χ1n) is 4.59. The Morgan fingerprint density at radius 1 is 1.21 bits per heavy atom. The Bertz CT molecular complexity index is 260. The number of aryl methyl sites for hydroxylation is 1. The fourth-order valence-corrected chi connectivity index (χ4v) is 1.02. The zero-order chi connectivity index (χ0) is 10.2. The Morgan fingerprint density at radius 3 is 2.79 bits per heavy atom. The molecule has 0 radical (unpaired) electrons. The van der Waals surface area contributed by atoms with Gasteiger partial charge in [-0.25, -0.2) is 0 Å². The van der Waals surface area contributed by atoms with Gasteiger partial charge < -0.3 is 14.2 Å². The van der Waals surface area contributed by atoms with Gasteiger partial charge in [-0.3, -0.25) is 0 Å². The topological polar surface area (TPSA) is 27.7 Å². The van der Waals surface area contributed by atoms with E-state index in [0.29, 0.717) is 13.2 Å². The summed E-state index contributed by atoms with van der Waals surface area (Å²) in [5, 5.41) is 0. The number of methoxy groups -OCH3 is 1. The second kappa shape index (κ2) is 6.40. The SMILES string of the molecule is COCCOCOc1cccc(C)c1. The van der Waals surface area contributed by atoms with Crippen LogP contribution in [0.5, 0.6) is 5.75 Å². The minimum Gasteiger partial charge on any atom is -0.468 e. The third-order valence-corrected chi connectivity index (χ3v) is 1.73. The maximum atomic E-state index is 5.36. The Balaban J connectivity index is 2.18. The van der Waals surface area contributed by atoms with E-state index in [1.165, 1.54) is 5.56 Å². The Labute approximate surface area is 84.6 Å². The molecule has 0 bridgehead atoms. The van der Waals surface area contributed by atoms with E-state index in [4.69, 9.17) is 14.2 Å². The predicted molar refractivity (Wildman–Crippen MR) is 54.5 cm³/mol. The molecule has 0 fully saturated rings. The summed E-state index contributed by atoms with van der Waals surface area (Å²) in [6, 6.07) is 7.87. The molecule has 1 rings (SSSR count). The quantitative estimate of drug-likeness (QED) is 0.514. The molecule has 0 amide bonds. The van der Waals surface area contributed by atoms with Crippen LogP contribution in [0.3, 0.4) is 0 Å². The molecule has 3 heteroatoms. The summed E-state index contributed by atoms with van der Waals surface area (Å²) in [4.78, 5) is 0. The highest BCUT2D eigenvalue weighted by molar-refractivity contribution is 5.27. The van der Waals surface area contributed by atoms with Crippen LogP contribution in [0.1, 0.15) is 5.56 Å². The fourth-order valence-electron chi connectivity index (χ4n) is 1.02. The minimum absolute atomic E-state index is 0.271. The monoisotopic (exact) mass is 196 g/mol. The van der Waals surface area contributed by atoms with Crippen molar-refractivity contribution in [1.82, 2.24) is 0 Å². The van der Waals surface area contributed by atoms with Crippen molar-refractivity contribution in [3.8, 4) is 5.75 Å². The van der Waals surface area contributed by atoms with Crippen LogP contribution in [0.15, 0.2) is 24.3 Å². The van der Waals surface area contributed by atoms with Gasteiger partial charge in [-0.15, -0.1) is 0 Å². The molecule has 0 N–H and O–H groups in total. The van der Waals surface area contributed by atoms with E-state index >= 15 is 0 Å². The average molecular weight is 196 g/mol. The first kappa shape index (κ1) is 11.0. The third-order valence-electron chi connectivity index (χ3n) is 1.73. The van der Waals surface area contributed by atoms with Crippen LogP contribution < -0.4 is 4.74 Å². The highest BCUT2D eigenvalue weighted by atomic mass is 16.7. The molecule has 0 unspecified atom stereocenters. The molecule has 1 aromatic carbocycles. The lowest BCUT2D eigenvalue weighted by molar-refractivity contribution is -0.00848. The number of benzene rings is 1. The van der Waals surface area contributed by atoms with Crippen LogP contribution in [0.4, 0.5) is 0 Å². The molecule has 0 aromatic heterocycles. The highest BCUT2D eigenvalue weighted by Gasteiger charge is 1.93. The first-order chi connectivity index (χ1) is 6.83. The molecular formula is C11H16O3. The van der Waals surface area contributed by atoms with Gasteiger partial charge in [-0.05, 0) is 24.6 Å². The van der Waals surface area contributed by atoms with Crippen LogP contribution in [0.2, 0.25) is 0 Å². The van der Waals surface area contributed by atoms with Gasteiger partial charge in [0.15, 0.2) is 6.79 Å². The van der Waals surface area contributed by atoms with E-state index < -0.39 is 0 Å². The van der Waals surface area contributed by atoms with Gasteiger partial charge in [-0.2, -0.15) is 0 Å². The molecule has 0 spiro atoms. The summed E-state index contributed by atoms with van der Waals surface area (Å²) in [5.74, 6) is 0.836. The van der Waals surface area contributed by atoms with Crippen LogP contribution in [0, 0.1) is 6.92 Å². The number of hydrogen-bond acceptors (Lipinski definition) is 3. The summed E-state index contributed by atoms with van der Waals surface area (Å²) < 4.78 is 15.4. The Kier molecular flexibility index (Phi) is 5.04. The van der Waals surface area contributed by atoms with Gasteiger partial charge in [-0.1, -0.05) is 12.1 Å². The van der Waals surface area contributed by atoms with Crippen molar-refractivity contribution in [1.29, 1.82) is 0 Å². The molecule has 1 aromatic rings. The molecule has 0 heterocycles. The number of rotatable bonds is 6. The van der Waals surface area contributed by atoms with Gasteiger partial charge in [0.1, 0.15) is 5.75 Å². The van der Waals surface area contributed by atoms with E-state index in [1.807, 2.05) is 31.2 Å². The van der Waals surface area contributed by atoms with Crippen molar-refractivity contribution >= 4 is 0 Å². The van der Waals surface area contributed by atoms with Crippen molar-refractivity contribution in [2.75, 3.05) is 27.1 Å². The van der Waals surface area contributed by atoms with Gasteiger partial charge in [0.25, 0.3) is 0 Å². The van der Waals surface area contributed by atoms with Gasteiger partial charge in [0.05, 0.1) is 13.2 Å². The van der Waals surface area contributed by atoms with Crippen molar-refractivity contribution in [3.63, 3.8) is 0 Å². The summed E-state index contributed by atoms with van der Waals surface area (Å²) in [6.45, 7) is 3.45. The molecule has 0 saturated carbocycles. The lowest BCUT2D eigenvalue weighted by atomic mass is 10.2. The average Bonchev–Trinajstić information content (AvgIpc) is 2.18. The summed E-state index contributed by atoms with van der Waals surface area (Å²) in [5.41, 5.74) is 1.18. The van der Waals surface area contributed by atoms with Crippen LogP contribution >= 0.6 is 0 Å². The third kappa shape index (κ3) is 4.25. The number of ether oxygens (including phenoxy) is 3. The normalized spacial score (nSPS) is 10.1. The van der Waals surface area contributed by atoms with E-state index in [9.17, 15) is 0 Å². The number of hydrogen-bond donors (Lipinski definition) is 0. The van der Waals surface area contributed by atoms with E-state index in [-0.39, 0.29) is 6.79 Å². The van der Waals surface area contributed by atoms with Crippen molar-refractivity contribution < 1.29 is 14.2 Å². The van der Waals surface area contributed by atoms with Crippen molar-refractivity contribution in [2.45, 2.75) is 6.92 Å². The second-order valence-corrected chi connectivity index (χ2v) is 2.98. The molecule has 78 valence electrons. The summed E-state index contributed by atoms with van der Waals surface area (Å²) in [6.07, 6.45) is 0. The zero-order valence-corrected chi connectivity index (χ0v) is 8.66. The molecular weight excluding hydrogens is 180 g/mol. The Morgan fingerprint density at radius 2 is 2.07 bits per heavy atom. The highest BCUT2D eigenvalue weighted by Crippen LogP contribution is 2.11. The van der Waals surface area contributed by atoms with E-state index in [0.717, 1.165) is 5.75 Å². The van der Waals surface area contributed by atoms with Crippen molar-refractivity contribution in [3.05, 3.63) is 29.8 Å². The molecule has 0 atom stereocenters.